The molecular weight excluding hydrogens is 196 g/mol. The monoisotopic (exact) mass is 216 g/mol. The van der Waals surface area contributed by atoms with E-state index in [4.69, 9.17) is 16.7 Å². The molecule has 6 N–H and O–H groups in total. The van der Waals surface area contributed by atoms with Gasteiger partial charge in [-0.15, -0.1) is 0 Å². The number of nitrogens with zero attached hydrogens (tertiary/aromatic N) is 1. The van der Waals surface area contributed by atoms with Gasteiger partial charge in [0.05, 0.1) is 0 Å². The lowest BCUT2D eigenvalue weighted by Gasteiger charge is -2.12. The first-order valence-corrected chi connectivity index (χ1v) is 5.04. The fourth-order valence-corrected chi connectivity index (χ4v) is 1.20. The number of unbranched alkanes of at least 4 members (excludes halogenated alkanes) is 1. The van der Waals surface area contributed by atoms with Crippen LogP contribution in [-0.4, -0.2) is 29.5 Å². The lowest BCUT2D eigenvalue weighted by Crippen LogP contribution is -2.31. The van der Waals surface area contributed by atoms with E-state index in [9.17, 15) is 4.79 Å². The third kappa shape index (κ3) is 9.01. The molecule has 0 bridgehead atoms. The molecule has 1 amide bonds. The molecule has 6 heteroatoms. The molecule has 0 heterocycles. The molecule has 0 aromatic carbocycles. The highest BCUT2D eigenvalue weighted by atomic mass is 16.4. The molecule has 0 spiro atoms. The summed E-state index contributed by atoms with van der Waals surface area (Å²) in [6, 6.07) is 0.162. The number of amidine groups is 1. The lowest BCUT2D eigenvalue weighted by atomic mass is 10.2. The smallest absolute Gasteiger partial charge is 0.217 e. The number of primary amides is 1. The summed E-state index contributed by atoms with van der Waals surface area (Å²) < 4.78 is 0. The van der Waals surface area contributed by atoms with E-state index < -0.39 is 0 Å². The van der Waals surface area contributed by atoms with Crippen LogP contribution < -0.4 is 16.8 Å². The van der Waals surface area contributed by atoms with Gasteiger partial charge in [-0.05, 0) is 26.3 Å². The number of nitrogens with one attached hydrogen (secondary N) is 1. The Balaban J connectivity index is 3.39. The zero-order valence-corrected chi connectivity index (χ0v) is 9.07. The Labute approximate surface area is 89.7 Å². The Morgan fingerprint density at radius 3 is 2.67 bits per heavy atom. The Morgan fingerprint density at radius 1 is 1.47 bits per heavy atom. The molecule has 1 unspecified atom stereocenters. The maximum Gasteiger partial charge on any atom is 0.217 e. The summed E-state index contributed by atoms with van der Waals surface area (Å²) in [6.45, 7) is 2.75. The molecule has 0 aliphatic carbocycles. The van der Waals surface area contributed by atoms with Gasteiger partial charge in [-0.3, -0.25) is 4.79 Å². The predicted octanol–water partition coefficient (Wildman–Crippen LogP) is -0.243. The molecule has 88 valence electrons. The van der Waals surface area contributed by atoms with Crippen molar-refractivity contribution in [3.63, 3.8) is 0 Å². The largest absolute Gasteiger partial charge is 0.409 e. The zero-order chi connectivity index (χ0) is 11.7. The van der Waals surface area contributed by atoms with E-state index in [-0.39, 0.29) is 17.8 Å². The fraction of sp³-hybridized carbons (Fsp3) is 0.778. The molecule has 0 aromatic heterocycles. The number of amides is 1. The number of rotatable bonds is 8. The number of hydrogen-bond donors (Lipinski definition) is 4. The summed E-state index contributed by atoms with van der Waals surface area (Å²) in [5.41, 5.74) is 10.3. The second-order valence-electron chi connectivity index (χ2n) is 3.57. The minimum Gasteiger partial charge on any atom is -0.409 e. The average molecular weight is 216 g/mol. The van der Waals surface area contributed by atoms with Crippen molar-refractivity contribution in [3.05, 3.63) is 0 Å². The van der Waals surface area contributed by atoms with Gasteiger partial charge in [0, 0.05) is 18.9 Å². The molecule has 0 aliphatic heterocycles. The third-order valence-electron chi connectivity index (χ3n) is 1.99. The van der Waals surface area contributed by atoms with Gasteiger partial charge in [-0.2, -0.15) is 0 Å². The first-order chi connectivity index (χ1) is 7.06. The summed E-state index contributed by atoms with van der Waals surface area (Å²) >= 11 is 0. The minimum atomic E-state index is -0.264. The third-order valence-corrected chi connectivity index (χ3v) is 1.99. The van der Waals surface area contributed by atoms with Gasteiger partial charge >= 0.3 is 0 Å². The molecule has 0 saturated carbocycles. The van der Waals surface area contributed by atoms with E-state index in [2.05, 4.69) is 10.5 Å². The van der Waals surface area contributed by atoms with E-state index in [1.807, 2.05) is 6.92 Å². The highest BCUT2D eigenvalue weighted by molar-refractivity contribution is 5.80. The van der Waals surface area contributed by atoms with Crippen molar-refractivity contribution in [3.8, 4) is 0 Å². The number of oxime groups is 1. The van der Waals surface area contributed by atoms with E-state index in [0.717, 1.165) is 19.4 Å². The second-order valence-corrected chi connectivity index (χ2v) is 3.57. The van der Waals surface area contributed by atoms with Gasteiger partial charge in [0.2, 0.25) is 5.91 Å². The molecule has 1 atom stereocenters. The standard InChI is InChI=1S/C9H20N4O2/c1-7(6-8(10)13-15)12-5-3-2-4-9(11)14/h7,12,15H,2-6H2,1H3,(H2,10,13)(H2,11,14). The van der Waals surface area contributed by atoms with E-state index >= 15 is 0 Å². The van der Waals surface area contributed by atoms with Crippen molar-refractivity contribution in [2.75, 3.05) is 6.54 Å². The molecule has 0 fully saturated rings. The average Bonchev–Trinajstić information content (AvgIpc) is 2.16. The Bertz CT molecular complexity index is 218. The topological polar surface area (TPSA) is 114 Å². The summed E-state index contributed by atoms with van der Waals surface area (Å²) in [4.78, 5) is 10.4. The Hall–Kier alpha value is -1.30. The summed E-state index contributed by atoms with van der Waals surface area (Å²) in [5, 5.41) is 14.4. The van der Waals surface area contributed by atoms with Crippen LogP contribution in [0.2, 0.25) is 0 Å². The zero-order valence-electron chi connectivity index (χ0n) is 9.07. The summed E-state index contributed by atoms with van der Waals surface area (Å²) in [5.74, 6) is -0.0492. The Kier molecular flexibility index (Phi) is 7.35. The van der Waals surface area contributed by atoms with Crippen LogP contribution in [0.5, 0.6) is 0 Å². The van der Waals surface area contributed by atoms with Crippen molar-refractivity contribution in [1.82, 2.24) is 5.32 Å². The first-order valence-electron chi connectivity index (χ1n) is 5.04. The van der Waals surface area contributed by atoms with Gasteiger partial charge in [0.25, 0.3) is 0 Å². The molecular formula is C9H20N4O2. The van der Waals surface area contributed by atoms with Crippen LogP contribution in [0, 0.1) is 0 Å². The first kappa shape index (κ1) is 13.7. The fourth-order valence-electron chi connectivity index (χ4n) is 1.20. The molecule has 0 saturated heterocycles. The molecule has 0 aromatic rings. The van der Waals surface area contributed by atoms with Crippen LogP contribution in [0.4, 0.5) is 0 Å². The second kappa shape index (κ2) is 8.05. The minimum absolute atomic E-state index is 0.162. The van der Waals surface area contributed by atoms with Crippen LogP contribution in [0.3, 0.4) is 0 Å². The quantitative estimate of drug-likeness (QED) is 0.147. The van der Waals surface area contributed by atoms with Gasteiger partial charge in [0.1, 0.15) is 5.84 Å². The van der Waals surface area contributed by atoms with Crippen molar-refractivity contribution >= 4 is 11.7 Å². The van der Waals surface area contributed by atoms with Crippen LogP contribution in [0.1, 0.15) is 32.6 Å². The van der Waals surface area contributed by atoms with E-state index in [1.54, 1.807) is 0 Å². The van der Waals surface area contributed by atoms with Crippen molar-refractivity contribution in [2.24, 2.45) is 16.6 Å². The van der Waals surface area contributed by atoms with Crippen LogP contribution in [0.25, 0.3) is 0 Å². The van der Waals surface area contributed by atoms with Crippen molar-refractivity contribution in [2.45, 2.75) is 38.6 Å². The molecule has 15 heavy (non-hydrogen) atoms. The van der Waals surface area contributed by atoms with E-state index in [1.165, 1.54) is 0 Å². The van der Waals surface area contributed by atoms with Gasteiger partial charge in [-0.25, -0.2) is 0 Å². The number of nitrogens with two attached hydrogens (primary N) is 2. The molecule has 0 aliphatic rings. The lowest BCUT2D eigenvalue weighted by molar-refractivity contribution is -0.118. The van der Waals surface area contributed by atoms with Gasteiger partial charge in [0.15, 0.2) is 0 Å². The Morgan fingerprint density at radius 2 is 2.13 bits per heavy atom. The maximum absolute atomic E-state index is 10.4. The summed E-state index contributed by atoms with van der Waals surface area (Å²) in [7, 11) is 0. The highest BCUT2D eigenvalue weighted by Gasteiger charge is 2.03. The van der Waals surface area contributed by atoms with Crippen LogP contribution >= 0.6 is 0 Å². The molecule has 0 radical (unpaired) electrons. The number of carbonyl (C=O) groups excluding carboxylic acids is 1. The van der Waals surface area contributed by atoms with Crippen LogP contribution in [-0.2, 0) is 4.79 Å². The van der Waals surface area contributed by atoms with E-state index in [0.29, 0.717) is 12.8 Å². The maximum atomic E-state index is 10.4. The van der Waals surface area contributed by atoms with Gasteiger partial charge in [-0.1, -0.05) is 5.16 Å². The molecule has 6 nitrogen and oxygen atoms in total. The number of carbonyl (C=O) groups is 1. The van der Waals surface area contributed by atoms with Crippen molar-refractivity contribution < 1.29 is 10.0 Å². The number of hydrogen-bond acceptors (Lipinski definition) is 4. The van der Waals surface area contributed by atoms with Gasteiger partial charge < -0.3 is 22.0 Å². The summed E-state index contributed by atoms with van der Waals surface area (Å²) in [6.07, 6.45) is 2.62. The van der Waals surface area contributed by atoms with Crippen LogP contribution in [0.15, 0.2) is 5.16 Å². The predicted molar refractivity (Wildman–Crippen MR) is 58.5 cm³/mol. The molecule has 0 rings (SSSR count). The van der Waals surface area contributed by atoms with Crippen molar-refractivity contribution in [1.29, 1.82) is 0 Å². The highest BCUT2D eigenvalue weighted by Crippen LogP contribution is 1.95. The normalized spacial score (nSPS) is 13.8. The SMILES string of the molecule is CC(CC(N)=NO)NCCCCC(N)=O.